The fourth-order valence-corrected chi connectivity index (χ4v) is 2.16. The zero-order chi connectivity index (χ0) is 19.8. The molecule has 0 saturated carbocycles. The molecule has 0 saturated heterocycles. The highest BCUT2D eigenvalue weighted by atomic mass is 16.5. The number of carbonyl (C=O) groups excluding carboxylic acids is 3. The first-order valence-electron chi connectivity index (χ1n) is 8.20. The van der Waals surface area contributed by atoms with Gasteiger partial charge in [-0.2, -0.15) is 5.26 Å². The summed E-state index contributed by atoms with van der Waals surface area (Å²) in [6.45, 7) is 2.89. The lowest BCUT2D eigenvalue weighted by Crippen LogP contribution is -2.29. The molecule has 6 nitrogen and oxygen atoms in total. The molecule has 0 aromatic heterocycles. The topological polar surface area (TPSA) is 96.3 Å². The first-order chi connectivity index (χ1) is 12.9. The van der Waals surface area contributed by atoms with Crippen LogP contribution in [0.15, 0.2) is 54.6 Å². The lowest BCUT2D eigenvalue weighted by molar-refractivity contribution is -0.148. The van der Waals surface area contributed by atoms with Crippen molar-refractivity contribution in [1.29, 1.82) is 5.26 Å². The van der Waals surface area contributed by atoms with Gasteiger partial charge < -0.3 is 10.1 Å². The lowest BCUT2D eigenvalue weighted by atomic mass is 10.1. The van der Waals surface area contributed by atoms with Crippen LogP contribution in [0.1, 0.15) is 35.3 Å². The van der Waals surface area contributed by atoms with E-state index in [2.05, 4.69) is 5.32 Å². The zero-order valence-corrected chi connectivity index (χ0v) is 14.9. The molecule has 0 aliphatic carbocycles. The number of nitrogens with zero attached hydrogens (tertiary/aromatic N) is 1. The van der Waals surface area contributed by atoms with Crippen molar-refractivity contribution in [2.45, 2.75) is 20.0 Å². The van der Waals surface area contributed by atoms with Gasteiger partial charge in [-0.25, -0.2) is 4.79 Å². The Balaban J connectivity index is 1.92. The van der Waals surface area contributed by atoms with Crippen LogP contribution in [0.5, 0.6) is 0 Å². The third-order valence-electron chi connectivity index (χ3n) is 3.65. The molecule has 2 aromatic carbocycles. The number of hydrogen-bond acceptors (Lipinski definition) is 5. The predicted octanol–water partition coefficient (Wildman–Crippen LogP) is 3.34. The van der Waals surface area contributed by atoms with E-state index >= 15 is 0 Å². The Kier molecular flexibility index (Phi) is 6.61. The van der Waals surface area contributed by atoms with Gasteiger partial charge in [0.25, 0.3) is 5.91 Å². The third-order valence-corrected chi connectivity index (χ3v) is 3.65. The molecule has 0 heterocycles. The van der Waals surface area contributed by atoms with Gasteiger partial charge in [0.15, 0.2) is 11.9 Å². The van der Waals surface area contributed by atoms with Crippen molar-refractivity contribution in [1.82, 2.24) is 0 Å². The quantitative estimate of drug-likeness (QED) is 0.483. The van der Waals surface area contributed by atoms with E-state index in [1.54, 1.807) is 48.5 Å². The van der Waals surface area contributed by atoms with Crippen LogP contribution in [0.4, 0.5) is 5.69 Å². The molecule has 6 heteroatoms. The summed E-state index contributed by atoms with van der Waals surface area (Å²) in [5.41, 5.74) is 2.17. The van der Waals surface area contributed by atoms with E-state index < -0.39 is 18.0 Å². The summed E-state index contributed by atoms with van der Waals surface area (Å²) in [6.07, 6.45) is 1.73. The minimum atomic E-state index is -1.01. The number of anilines is 1. The molecule has 0 unspecified atom stereocenters. The van der Waals surface area contributed by atoms with E-state index in [1.165, 1.54) is 26.0 Å². The Morgan fingerprint density at radius 1 is 1.15 bits per heavy atom. The summed E-state index contributed by atoms with van der Waals surface area (Å²) >= 11 is 0. The number of carbonyl (C=O) groups is 3. The van der Waals surface area contributed by atoms with Gasteiger partial charge in [0.2, 0.25) is 0 Å². The monoisotopic (exact) mass is 362 g/mol. The summed E-state index contributed by atoms with van der Waals surface area (Å²) in [7, 11) is 0. The molecule has 2 rings (SSSR count). The van der Waals surface area contributed by atoms with E-state index in [-0.39, 0.29) is 5.78 Å². The molecule has 1 N–H and O–H groups in total. The van der Waals surface area contributed by atoms with Gasteiger partial charge in [-0.3, -0.25) is 9.59 Å². The van der Waals surface area contributed by atoms with Gasteiger partial charge in [0, 0.05) is 17.3 Å². The number of nitrogens with one attached hydrogen (secondary N) is 1. The highest BCUT2D eigenvalue weighted by molar-refractivity contribution is 5.99. The first-order valence-corrected chi connectivity index (χ1v) is 8.20. The molecule has 1 amide bonds. The van der Waals surface area contributed by atoms with E-state index in [1.807, 2.05) is 6.07 Å². The number of hydrogen-bond donors (Lipinski definition) is 1. The molecule has 27 heavy (non-hydrogen) atoms. The van der Waals surface area contributed by atoms with Gasteiger partial charge in [0.05, 0.1) is 11.6 Å². The second kappa shape index (κ2) is 9.11. The Morgan fingerprint density at radius 3 is 2.48 bits per heavy atom. The van der Waals surface area contributed by atoms with Crippen LogP contribution in [0.25, 0.3) is 6.08 Å². The van der Waals surface area contributed by atoms with E-state index in [9.17, 15) is 14.4 Å². The molecular formula is C21H18N2O4. The summed E-state index contributed by atoms with van der Waals surface area (Å²) in [6, 6.07) is 15.2. The second-order valence-corrected chi connectivity index (χ2v) is 5.77. The first kappa shape index (κ1) is 19.6. The largest absolute Gasteiger partial charge is 0.449 e. The zero-order valence-electron chi connectivity index (χ0n) is 14.9. The van der Waals surface area contributed by atoms with Crippen LogP contribution in [-0.2, 0) is 14.3 Å². The average Bonchev–Trinajstić information content (AvgIpc) is 2.66. The van der Waals surface area contributed by atoms with Crippen molar-refractivity contribution in [3.05, 3.63) is 71.3 Å². The summed E-state index contributed by atoms with van der Waals surface area (Å²) in [5.74, 6) is -1.28. The molecule has 0 bridgehead atoms. The number of ketones is 1. The van der Waals surface area contributed by atoms with Crippen LogP contribution >= 0.6 is 0 Å². The molecule has 0 fully saturated rings. The van der Waals surface area contributed by atoms with Crippen LogP contribution < -0.4 is 5.32 Å². The number of benzene rings is 2. The van der Waals surface area contributed by atoms with E-state index in [0.717, 1.165) is 5.56 Å². The third kappa shape index (κ3) is 5.94. The fourth-order valence-electron chi connectivity index (χ4n) is 2.16. The number of nitriles is 1. The summed E-state index contributed by atoms with van der Waals surface area (Å²) in [5, 5.41) is 11.4. The molecule has 0 aliphatic heterocycles. The lowest BCUT2D eigenvalue weighted by Gasteiger charge is -2.12. The van der Waals surface area contributed by atoms with E-state index in [4.69, 9.17) is 10.00 Å². The van der Waals surface area contributed by atoms with Crippen molar-refractivity contribution in [2.24, 2.45) is 0 Å². The van der Waals surface area contributed by atoms with Crippen molar-refractivity contribution in [3.63, 3.8) is 0 Å². The van der Waals surface area contributed by atoms with Crippen molar-refractivity contribution >= 4 is 29.4 Å². The second-order valence-electron chi connectivity index (χ2n) is 5.77. The Hall–Kier alpha value is -3.72. The predicted molar refractivity (Wildman–Crippen MR) is 101 cm³/mol. The molecule has 1 atom stereocenters. The SMILES string of the molecule is CC(=O)c1cccc(NC(=O)[C@@H](C)OC(=O)/C=C/c2ccc(C#N)cc2)c1. The maximum atomic E-state index is 12.1. The summed E-state index contributed by atoms with van der Waals surface area (Å²) < 4.78 is 5.07. The minimum absolute atomic E-state index is 0.112. The molecule has 2 aromatic rings. The highest BCUT2D eigenvalue weighted by Gasteiger charge is 2.17. The Labute approximate surface area is 157 Å². The highest BCUT2D eigenvalue weighted by Crippen LogP contribution is 2.12. The number of rotatable bonds is 6. The number of Topliss-reactive ketones (excluding diaryl/α,β-unsaturated/α-hetero) is 1. The molecule has 136 valence electrons. The normalized spacial score (nSPS) is 11.4. The van der Waals surface area contributed by atoms with Gasteiger partial charge in [-0.15, -0.1) is 0 Å². The van der Waals surface area contributed by atoms with Crippen LogP contribution in [0.3, 0.4) is 0 Å². The van der Waals surface area contributed by atoms with Crippen molar-refractivity contribution in [3.8, 4) is 6.07 Å². The molecular weight excluding hydrogens is 344 g/mol. The maximum absolute atomic E-state index is 12.1. The van der Waals surface area contributed by atoms with Gasteiger partial charge in [-0.05, 0) is 49.8 Å². The standard InChI is InChI=1S/C21H18N2O4/c1-14(24)18-4-3-5-19(12-18)23-21(26)15(2)27-20(25)11-10-16-6-8-17(13-22)9-7-16/h3-12,15H,1-2H3,(H,23,26)/b11-10+/t15-/m1/s1. The fraction of sp³-hybridized carbons (Fsp3) is 0.143. The maximum Gasteiger partial charge on any atom is 0.331 e. The summed E-state index contributed by atoms with van der Waals surface area (Å²) in [4.78, 5) is 35.4. The van der Waals surface area contributed by atoms with Crippen LogP contribution in [0, 0.1) is 11.3 Å². The average molecular weight is 362 g/mol. The molecule has 0 radical (unpaired) electrons. The number of ether oxygens (including phenoxy) is 1. The Morgan fingerprint density at radius 2 is 1.85 bits per heavy atom. The number of esters is 1. The van der Waals surface area contributed by atoms with Crippen LogP contribution in [-0.4, -0.2) is 23.8 Å². The Bertz CT molecular complexity index is 924. The van der Waals surface area contributed by atoms with Crippen molar-refractivity contribution in [2.75, 3.05) is 5.32 Å². The van der Waals surface area contributed by atoms with Crippen molar-refractivity contribution < 1.29 is 19.1 Å². The number of amides is 1. The smallest absolute Gasteiger partial charge is 0.331 e. The van der Waals surface area contributed by atoms with E-state index in [0.29, 0.717) is 16.8 Å². The van der Waals surface area contributed by atoms with Gasteiger partial charge in [-0.1, -0.05) is 24.3 Å². The minimum Gasteiger partial charge on any atom is -0.449 e. The van der Waals surface area contributed by atoms with Gasteiger partial charge in [0.1, 0.15) is 0 Å². The molecule has 0 aliphatic rings. The van der Waals surface area contributed by atoms with Gasteiger partial charge >= 0.3 is 5.97 Å². The molecule has 0 spiro atoms. The van der Waals surface area contributed by atoms with Crippen LogP contribution in [0.2, 0.25) is 0 Å².